The maximum Gasteiger partial charge on any atom is 0.164 e. The average Bonchev–Trinajstić information content (AvgIpc) is 2.98. The second-order valence-electron chi connectivity index (χ2n) is 9.00. The molecule has 0 radical (unpaired) electrons. The number of rotatable bonds is 5. The Labute approximate surface area is 221 Å². The lowest BCUT2D eigenvalue weighted by Gasteiger charge is -2.12. The molecule has 0 atom stereocenters. The molecule has 178 valence electrons. The fourth-order valence-corrected chi connectivity index (χ4v) is 4.71. The minimum absolute atomic E-state index is 0.659. The summed E-state index contributed by atoms with van der Waals surface area (Å²) in [5, 5.41) is 0.712. The van der Waals surface area contributed by atoms with Crippen LogP contribution in [-0.2, 0) is 0 Å². The molecular weight excluding hydrogens is 474 g/mol. The van der Waals surface area contributed by atoms with Crippen LogP contribution in [0, 0.1) is 0 Å². The highest BCUT2D eigenvalue weighted by Crippen LogP contribution is 2.30. The van der Waals surface area contributed by atoms with Gasteiger partial charge in [-0.25, -0.2) is 15.0 Å². The second-order valence-corrected chi connectivity index (χ2v) is 9.44. The highest BCUT2D eigenvalue weighted by molar-refractivity contribution is 6.30. The van der Waals surface area contributed by atoms with E-state index < -0.39 is 0 Å². The molecule has 6 rings (SSSR count). The number of hydrogen-bond donors (Lipinski definition) is 0. The largest absolute Gasteiger partial charge is 0.209 e. The molecule has 0 fully saturated rings. The van der Waals surface area contributed by atoms with Gasteiger partial charge in [0.2, 0.25) is 0 Å². The van der Waals surface area contributed by atoms with E-state index in [9.17, 15) is 0 Å². The minimum Gasteiger partial charge on any atom is -0.209 e. The third-order valence-corrected chi connectivity index (χ3v) is 6.70. The van der Waals surface area contributed by atoms with Crippen molar-refractivity contribution in [1.29, 1.82) is 0 Å². The van der Waals surface area contributed by atoms with E-state index in [1.807, 2.05) is 36.4 Å². The molecule has 0 amide bonds. The van der Waals surface area contributed by atoms with Gasteiger partial charge in [-0.2, -0.15) is 0 Å². The molecule has 0 N–H and O–H groups in total. The summed E-state index contributed by atoms with van der Waals surface area (Å²) in [5.41, 5.74) is 7.49. The fourth-order valence-electron chi connectivity index (χ4n) is 4.51. The molecule has 0 unspecified atom stereocenters. The van der Waals surface area contributed by atoms with Crippen LogP contribution in [0.3, 0.4) is 0 Å². The first-order valence-corrected chi connectivity index (χ1v) is 12.8. The number of allylic oxidation sites excluding steroid dienone is 4. The van der Waals surface area contributed by atoms with Crippen molar-refractivity contribution in [2.75, 3.05) is 0 Å². The van der Waals surface area contributed by atoms with Crippen LogP contribution in [-0.4, -0.2) is 15.0 Å². The van der Waals surface area contributed by atoms with Crippen LogP contribution in [0.25, 0.3) is 50.6 Å². The third kappa shape index (κ3) is 5.13. The predicted molar refractivity (Wildman–Crippen MR) is 153 cm³/mol. The van der Waals surface area contributed by atoms with Gasteiger partial charge in [0, 0.05) is 16.1 Å². The number of nitrogens with zero attached hydrogens (tertiary/aromatic N) is 3. The molecular formula is C33H24ClN3. The SMILES string of the molecule is Clc1cccc(-c2cccc(-c3nc(C4=CC=CCC4)nc(-c4ccc(-c5ccccc5)cc4)n3)c2)c1. The van der Waals surface area contributed by atoms with Crippen molar-refractivity contribution in [3.63, 3.8) is 0 Å². The molecule has 1 aliphatic rings. The van der Waals surface area contributed by atoms with E-state index in [2.05, 4.69) is 85.0 Å². The first-order chi connectivity index (χ1) is 18.2. The van der Waals surface area contributed by atoms with E-state index in [1.165, 1.54) is 5.56 Å². The van der Waals surface area contributed by atoms with Crippen molar-refractivity contribution in [3.05, 3.63) is 132 Å². The molecule has 0 saturated heterocycles. The summed E-state index contributed by atoms with van der Waals surface area (Å²) in [7, 11) is 0. The van der Waals surface area contributed by atoms with E-state index in [0.29, 0.717) is 16.7 Å². The van der Waals surface area contributed by atoms with Gasteiger partial charge in [-0.15, -0.1) is 0 Å². The molecule has 1 aromatic heterocycles. The van der Waals surface area contributed by atoms with Crippen molar-refractivity contribution >= 4 is 17.2 Å². The topological polar surface area (TPSA) is 38.7 Å². The molecule has 5 aromatic rings. The van der Waals surface area contributed by atoms with Gasteiger partial charge in [0.1, 0.15) is 0 Å². The van der Waals surface area contributed by atoms with Gasteiger partial charge < -0.3 is 0 Å². The highest BCUT2D eigenvalue weighted by atomic mass is 35.5. The Bertz CT molecular complexity index is 1620. The van der Waals surface area contributed by atoms with Crippen LogP contribution >= 0.6 is 11.6 Å². The Morgan fingerprint density at radius 3 is 1.84 bits per heavy atom. The second kappa shape index (κ2) is 10.3. The average molecular weight is 498 g/mol. The molecule has 0 spiro atoms. The monoisotopic (exact) mass is 497 g/mol. The fraction of sp³-hybridized carbons (Fsp3) is 0.0606. The van der Waals surface area contributed by atoms with E-state index >= 15 is 0 Å². The molecule has 37 heavy (non-hydrogen) atoms. The summed E-state index contributed by atoms with van der Waals surface area (Å²) >= 11 is 6.25. The predicted octanol–water partition coefficient (Wildman–Crippen LogP) is 8.93. The molecule has 0 saturated carbocycles. The lowest BCUT2D eigenvalue weighted by Crippen LogP contribution is -2.03. The van der Waals surface area contributed by atoms with E-state index in [0.717, 1.165) is 52.1 Å². The van der Waals surface area contributed by atoms with Crippen LogP contribution in [0.2, 0.25) is 5.02 Å². The lowest BCUT2D eigenvalue weighted by molar-refractivity contribution is 0.978. The number of aromatic nitrogens is 3. The Hall–Kier alpha value is -4.34. The molecule has 3 nitrogen and oxygen atoms in total. The van der Waals surface area contributed by atoms with Crippen LogP contribution in [0.1, 0.15) is 18.7 Å². The van der Waals surface area contributed by atoms with Crippen molar-refractivity contribution in [1.82, 2.24) is 15.0 Å². The smallest absolute Gasteiger partial charge is 0.164 e. The van der Waals surface area contributed by atoms with E-state index in [-0.39, 0.29) is 0 Å². The molecule has 0 bridgehead atoms. The zero-order valence-corrected chi connectivity index (χ0v) is 20.9. The highest BCUT2D eigenvalue weighted by Gasteiger charge is 2.15. The van der Waals surface area contributed by atoms with E-state index in [4.69, 9.17) is 26.6 Å². The maximum absolute atomic E-state index is 6.25. The quantitative estimate of drug-likeness (QED) is 0.243. The molecule has 0 aliphatic heterocycles. The number of hydrogen-bond acceptors (Lipinski definition) is 3. The number of halogens is 1. The molecule has 4 heteroatoms. The normalized spacial score (nSPS) is 12.8. The third-order valence-electron chi connectivity index (χ3n) is 6.47. The van der Waals surface area contributed by atoms with Crippen molar-refractivity contribution in [2.24, 2.45) is 0 Å². The van der Waals surface area contributed by atoms with Crippen LogP contribution in [0.15, 0.2) is 121 Å². The maximum atomic E-state index is 6.25. The van der Waals surface area contributed by atoms with Gasteiger partial charge >= 0.3 is 0 Å². The summed E-state index contributed by atoms with van der Waals surface area (Å²) in [6, 6.07) is 34.9. The summed E-state index contributed by atoms with van der Waals surface area (Å²) < 4.78 is 0. The zero-order valence-electron chi connectivity index (χ0n) is 20.2. The van der Waals surface area contributed by atoms with Gasteiger partial charge in [0.05, 0.1) is 0 Å². The van der Waals surface area contributed by atoms with Crippen LogP contribution < -0.4 is 0 Å². The Morgan fingerprint density at radius 1 is 0.514 bits per heavy atom. The van der Waals surface area contributed by atoms with E-state index in [1.54, 1.807) is 0 Å². The van der Waals surface area contributed by atoms with Crippen molar-refractivity contribution in [3.8, 4) is 45.0 Å². The van der Waals surface area contributed by atoms with Crippen LogP contribution in [0.5, 0.6) is 0 Å². The lowest BCUT2D eigenvalue weighted by atomic mass is 10.0. The summed E-state index contributed by atoms with van der Waals surface area (Å²) in [6.45, 7) is 0. The van der Waals surface area contributed by atoms with Crippen LogP contribution in [0.4, 0.5) is 0 Å². The van der Waals surface area contributed by atoms with Gasteiger partial charge in [0.25, 0.3) is 0 Å². The molecule has 1 heterocycles. The summed E-state index contributed by atoms with van der Waals surface area (Å²) in [5.74, 6) is 2.05. The van der Waals surface area contributed by atoms with Crippen molar-refractivity contribution in [2.45, 2.75) is 12.8 Å². The standard InChI is InChI=1S/C33H24ClN3/c34-30-16-8-14-28(22-30)27-13-7-15-29(21-27)33-36-31(25-11-5-2-6-12-25)35-32(37-33)26-19-17-24(18-20-26)23-9-3-1-4-10-23/h1-5,7-11,13-22H,6,12H2. The Kier molecular flexibility index (Phi) is 6.45. The molecule has 4 aromatic carbocycles. The van der Waals surface area contributed by atoms with Gasteiger partial charge in [-0.1, -0.05) is 115 Å². The summed E-state index contributed by atoms with van der Waals surface area (Å²) in [6.07, 6.45) is 8.25. The first kappa shape index (κ1) is 23.1. The van der Waals surface area contributed by atoms with Gasteiger partial charge in [-0.05, 0) is 58.9 Å². The first-order valence-electron chi connectivity index (χ1n) is 12.4. The Balaban J connectivity index is 1.44. The van der Waals surface area contributed by atoms with Gasteiger partial charge in [0.15, 0.2) is 17.5 Å². The zero-order chi connectivity index (χ0) is 25.0. The van der Waals surface area contributed by atoms with Crippen molar-refractivity contribution < 1.29 is 0 Å². The molecule has 1 aliphatic carbocycles. The number of benzene rings is 4. The van der Waals surface area contributed by atoms with Gasteiger partial charge in [-0.3, -0.25) is 0 Å². The minimum atomic E-state index is 0.659. The Morgan fingerprint density at radius 2 is 1.11 bits per heavy atom. The summed E-state index contributed by atoms with van der Waals surface area (Å²) in [4.78, 5) is 14.8.